The van der Waals surface area contributed by atoms with Crippen LogP contribution < -0.4 is 14.8 Å². The molecule has 0 atom stereocenters. The number of benzene rings is 2. The van der Waals surface area contributed by atoms with Gasteiger partial charge in [-0.05, 0) is 49.2 Å². The highest BCUT2D eigenvalue weighted by atomic mass is 16.7. The first-order valence-corrected chi connectivity index (χ1v) is 11.0. The van der Waals surface area contributed by atoms with E-state index in [-0.39, 0.29) is 24.5 Å². The summed E-state index contributed by atoms with van der Waals surface area (Å²) in [5.41, 5.74) is 2.03. The topological polar surface area (TPSA) is 117 Å². The molecule has 0 saturated carbocycles. The molecule has 2 aromatic carbocycles. The Morgan fingerprint density at radius 2 is 1.25 bits per heavy atom. The van der Waals surface area contributed by atoms with Gasteiger partial charge in [0.1, 0.15) is 18.1 Å². The number of esters is 2. The number of carbonyl (C=O) groups excluding carboxylic acids is 4. The number of hydrogen-bond donors (Lipinski definition) is 1. The van der Waals surface area contributed by atoms with Gasteiger partial charge in [-0.25, -0.2) is 19.2 Å². The van der Waals surface area contributed by atoms with Crippen LogP contribution in [0.2, 0.25) is 0 Å². The maximum absolute atomic E-state index is 11.9. The van der Waals surface area contributed by atoms with Crippen molar-refractivity contribution < 1.29 is 38.1 Å². The van der Waals surface area contributed by atoms with E-state index in [1.165, 1.54) is 6.92 Å². The van der Waals surface area contributed by atoms with E-state index in [1.54, 1.807) is 43.3 Å². The summed E-state index contributed by atoms with van der Waals surface area (Å²) >= 11 is 0. The molecule has 1 N–H and O–H groups in total. The monoisotopic (exact) mass is 495 g/mol. The normalized spacial score (nSPS) is 10.6. The van der Waals surface area contributed by atoms with Gasteiger partial charge in [0.25, 0.3) is 0 Å². The lowest BCUT2D eigenvalue weighted by molar-refractivity contribution is -0.138. The molecule has 9 nitrogen and oxygen atoms in total. The Bertz CT molecular complexity index is 1150. The van der Waals surface area contributed by atoms with Gasteiger partial charge in [-0.3, -0.25) is 0 Å². The Morgan fingerprint density at radius 3 is 1.72 bits per heavy atom. The smallest absolute Gasteiger partial charge is 0.460 e. The van der Waals surface area contributed by atoms with Crippen molar-refractivity contribution in [2.24, 2.45) is 0 Å². The minimum absolute atomic E-state index is 0.0494. The second-order valence-electron chi connectivity index (χ2n) is 8.43. The van der Waals surface area contributed by atoms with Crippen LogP contribution in [0.4, 0.5) is 9.59 Å². The summed E-state index contributed by atoms with van der Waals surface area (Å²) < 4.78 is 19.6. The van der Waals surface area contributed by atoms with Gasteiger partial charge in [-0.2, -0.15) is 0 Å². The molecule has 0 aliphatic heterocycles. The van der Waals surface area contributed by atoms with E-state index in [0.29, 0.717) is 11.3 Å². The van der Waals surface area contributed by atoms with E-state index in [0.717, 1.165) is 11.1 Å². The predicted octanol–water partition coefficient (Wildman–Crippen LogP) is 4.84. The van der Waals surface area contributed by atoms with Gasteiger partial charge in [0.05, 0.1) is 6.54 Å². The fraction of sp³-hybridized carbons (Fsp3) is 0.259. The highest BCUT2D eigenvalue weighted by Crippen LogP contribution is 2.33. The van der Waals surface area contributed by atoms with Gasteiger partial charge in [-0.15, -0.1) is 0 Å². The lowest BCUT2D eigenvalue weighted by Crippen LogP contribution is -2.31. The standard InChI is InChI=1S/C27H29NO8/c1-17(2)23(29)33-16-15-28-25(31)36-26(32)35-22-13-9-20(10-14-22)27(5,6)19-7-11-21(12-8-19)34-24(30)18(3)4/h7-14H,1,3,15-16H2,2,4-6H3,(H,28,31). The molecule has 0 radical (unpaired) electrons. The fourth-order valence-electron chi connectivity index (χ4n) is 2.89. The number of amides is 1. The van der Waals surface area contributed by atoms with E-state index in [1.807, 2.05) is 26.0 Å². The molecule has 0 aliphatic carbocycles. The summed E-state index contributed by atoms with van der Waals surface area (Å²) in [6.45, 7) is 14.0. The lowest BCUT2D eigenvalue weighted by Gasteiger charge is -2.26. The van der Waals surface area contributed by atoms with Crippen LogP contribution in [0.25, 0.3) is 0 Å². The van der Waals surface area contributed by atoms with Crippen molar-refractivity contribution in [2.75, 3.05) is 13.2 Å². The van der Waals surface area contributed by atoms with E-state index in [2.05, 4.69) is 23.2 Å². The van der Waals surface area contributed by atoms with Gasteiger partial charge >= 0.3 is 24.2 Å². The minimum atomic E-state index is -1.21. The van der Waals surface area contributed by atoms with Crippen LogP contribution in [0, 0.1) is 0 Å². The molecule has 0 saturated heterocycles. The number of alkyl carbamates (subject to hydrolysis) is 1. The number of carbonyl (C=O) groups is 4. The van der Waals surface area contributed by atoms with Crippen LogP contribution in [0.15, 0.2) is 72.8 Å². The predicted molar refractivity (Wildman–Crippen MR) is 132 cm³/mol. The van der Waals surface area contributed by atoms with Crippen molar-refractivity contribution >= 4 is 24.2 Å². The van der Waals surface area contributed by atoms with Crippen molar-refractivity contribution in [1.29, 1.82) is 0 Å². The zero-order valence-electron chi connectivity index (χ0n) is 20.7. The van der Waals surface area contributed by atoms with Crippen molar-refractivity contribution in [1.82, 2.24) is 5.32 Å². The van der Waals surface area contributed by atoms with Crippen molar-refractivity contribution in [3.63, 3.8) is 0 Å². The number of rotatable bonds is 9. The third kappa shape index (κ3) is 8.12. The molecule has 2 aromatic rings. The molecule has 0 bridgehead atoms. The molecule has 2 rings (SSSR count). The van der Waals surface area contributed by atoms with Crippen molar-refractivity contribution in [3.8, 4) is 11.5 Å². The Balaban J connectivity index is 1.89. The molecular formula is C27H29NO8. The van der Waals surface area contributed by atoms with Gasteiger partial charge in [0, 0.05) is 16.6 Å². The molecule has 190 valence electrons. The molecule has 0 unspecified atom stereocenters. The van der Waals surface area contributed by atoms with Gasteiger partial charge in [0.15, 0.2) is 0 Å². The van der Waals surface area contributed by atoms with Crippen LogP contribution in [-0.2, 0) is 24.5 Å². The van der Waals surface area contributed by atoms with E-state index < -0.39 is 29.6 Å². The number of nitrogens with one attached hydrogen (secondary N) is 1. The van der Waals surface area contributed by atoms with Crippen LogP contribution in [-0.4, -0.2) is 37.3 Å². The SMILES string of the molecule is C=C(C)C(=O)OCCNC(=O)OC(=O)Oc1ccc(C(C)(C)c2ccc(OC(=O)C(=C)C)cc2)cc1. The van der Waals surface area contributed by atoms with E-state index in [4.69, 9.17) is 14.2 Å². The van der Waals surface area contributed by atoms with Gasteiger partial charge in [0.2, 0.25) is 0 Å². The van der Waals surface area contributed by atoms with Crippen LogP contribution >= 0.6 is 0 Å². The molecular weight excluding hydrogens is 466 g/mol. The van der Waals surface area contributed by atoms with Crippen LogP contribution in [0.1, 0.15) is 38.8 Å². The lowest BCUT2D eigenvalue weighted by atomic mass is 9.78. The van der Waals surface area contributed by atoms with E-state index in [9.17, 15) is 19.2 Å². The second-order valence-corrected chi connectivity index (χ2v) is 8.43. The number of ether oxygens (including phenoxy) is 4. The quantitative estimate of drug-likeness (QED) is 0.131. The highest BCUT2D eigenvalue weighted by molar-refractivity contribution is 5.88. The molecule has 0 heterocycles. The molecule has 0 aromatic heterocycles. The molecule has 9 heteroatoms. The second kappa shape index (κ2) is 12.3. The van der Waals surface area contributed by atoms with Gasteiger partial charge in [-0.1, -0.05) is 51.3 Å². The maximum Gasteiger partial charge on any atom is 0.523 e. The Hall–Kier alpha value is -4.40. The van der Waals surface area contributed by atoms with Crippen molar-refractivity contribution in [2.45, 2.75) is 33.1 Å². The average Bonchev–Trinajstić information content (AvgIpc) is 2.82. The highest BCUT2D eigenvalue weighted by Gasteiger charge is 2.24. The Kier molecular flexibility index (Phi) is 9.55. The molecule has 0 spiro atoms. The molecule has 0 aliphatic rings. The fourth-order valence-corrected chi connectivity index (χ4v) is 2.89. The Labute approximate surface area is 209 Å². The summed E-state index contributed by atoms with van der Waals surface area (Å²) in [5.74, 6) is -0.471. The number of hydrogen-bond acceptors (Lipinski definition) is 8. The van der Waals surface area contributed by atoms with Gasteiger partial charge < -0.3 is 24.3 Å². The van der Waals surface area contributed by atoms with Crippen LogP contribution in [0.3, 0.4) is 0 Å². The first-order chi connectivity index (χ1) is 16.9. The summed E-state index contributed by atoms with van der Waals surface area (Å²) in [5, 5.41) is 2.26. The van der Waals surface area contributed by atoms with Crippen molar-refractivity contribution in [3.05, 3.63) is 84.0 Å². The molecule has 1 amide bonds. The first kappa shape index (κ1) is 27.8. The zero-order chi connectivity index (χ0) is 26.9. The minimum Gasteiger partial charge on any atom is -0.460 e. The molecule has 36 heavy (non-hydrogen) atoms. The zero-order valence-corrected chi connectivity index (χ0v) is 20.7. The Morgan fingerprint density at radius 1 is 0.778 bits per heavy atom. The summed E-state index contributed by atoms with van der Waals surface area (Å²) in [6.07, 6.45) is -2.25. The van der Waals surface area contributed by atoms with Crippen LogP contribution in [0.5, 0.6) is 11.5 Å². The summed E-state index contributed by atoms with van der Waals surface area (Å²) in [6, 6.07) is 13.9. The van der Waals surface area contributed by atoms with E-state index >= 15 is 0 Å². The first-order valence-electron chi connectivity index (χ1n) is 11.0. The molecule has 0 fully saturated rings. The third-order valence-corrected chi connectivity index (χ3v) is 5.04. The summed E-state index contributed by atoms with van der Waals surface area (Å²) in [7, 11) is 0. The maximum atomic E-state index is 11.9. The largest absolute Gasteiger partial charge is 0.523 e. The third-order valence-electron chi connectivity index (χ3n) is 5.04. The average molecular weight is 496 g/mol. The summed E-state index contributed by atoms with van der Waals surface area (Å²) in [4.78, 5) is 46.4.